The highest BCUT2D eigenvalue weighted by Crippen LogP contribution is 2.26. The molecule has 98 valence electrons. The van der Waals surface area contributed by atoms with Crippen LogP contribution in [-0.2, 0) is 0 Å². The zero-order chi connectivity index (χ0) is 13.8. The molecule has 0 unspecified atom stereocenters. The largest absolute Gasteiger partial charge is 0.324 e. The lowest BCUT2D eigenvalue weighted by atomic mass is 10.2. The average Bonchev–Trinajstić information content (AvgIpc) is 2.42. The molecule has 0 aliphatic heterocycles. The van der Waals surface area contributed by atoms with Gasteiger partial charge in [0.05, 0.1) is 10.7 Å². The third-order valence-electron chi connectivity index (χ3n) is 2.49. The monoisotopic (exact) mass is 339 g/mol. The number of hydrogen-bond donors (Lipinski definition) is 3. The Bertz CT molecular complexity index is 601. The van der Waals surface area contributed by atoms with Crippen LogP contribution < -0.4 is 16.6 Å². The third-order valence-corrected chi connectivity index (χ3v) is 3.30. The molecule has 0 heterocycles. The summed E-state index contributed by atoms with van der Waals surface area (Å²) in [5.41, 5.74) is 4.33. The van der Waals surface area contributed by atoms with Crippen molar-refractivity contribution in [1.82, 2.24) is 0 Å². The molecule has 0 saturated carbocycles. The molecule has 0 aliphatic rings. The van der Waals surface area contributed by atoms with Crippen LogP contribution in [0.25, 0.3) is 0 Å². The van der Waals surface area contributed by atoms with Crippen molar-refractivity contribution in [2.45, 2.75) is 0 Å². The van der Waals surface area contributed by atoms with Gasteiger partial charge in [-0.3, -0.25) is 10.6 Å². The highest BCUT2D eigenvalue weighted by atomic mass is 79.9. The summed E-state index contributed by atoms with van der Waals surface area (Å²) in [6.07, 6.45) is 0. The number of nitrogens with two attached hydrogens (primary N) is 1. The standard InChI is InChI=1S/C13H11BrClN3O/c14-9-3-6-12(11(15)7-9)17-13(19)8-1-4-10(18-16)5-2-8/h1-7,18H,16H2,(H,17,19). The quantitative estimate of drug-likeness (QED) is 0.590. The first-order valence-corrected chi connectivity index (χ1v) is 6.60. The highest BCUT2D eigenvalue weighted by molar-refractivity contribution is 9.10. The second kappa shape index (κ2) is 6.06. The molecule has 1 amide bonds. The zero-order valence-corrected chi connectivity index (χ0v) is 12.1. The number of hydrogen-bond acceptors (Lipinski definition) is 3. The Kier molecular flexibility index (Phi) is 4.42. The molecule has 0 radical (unpaired) electrons. The number of carbonyl (C=O) groups excluding carboxylic acids is 1. The number of halogens is 2. The Morgan fingerprint density at radius 2 is 1.84 bits per heavy atom. The Labute approximate surface area is 124 Å². The number of rotatable bonds is 3. The fourth-order valence-electron chi connectivity index (χ4n) is 1.50. The van der Waals surface area contributed by atoms with Crippen LogP contribution in [0.2, 0.25) is 5.02 Å². The van der Waals surface area contributed by atoms with Gasteiger partial charge in [0.15, 0.2) is 0 Å². The van der Waals surface area contributed by atoms with Gasteiger partial charge in [0, 0.05) is 15.7 Å². The second-order valence-electron chi connectivity index (χ2n) is 3.80. The predicted octanol–water partition coefficient (Wildman–Crippen LogP) is 3.64. The summed E-state index contributed by atoms with van der Waals surface area (Å²) >= 11 is 9.34. The number of nitrogens with one attached hydrogen (secondary N) is 2. The van der Waals surface area contributed by atoms with E-state index in [0.717, 1.165) is 10.2 Å². The van der Waals surface area contributed by atoms with Crippen LogP contribution in [0.1, 0.15) is 10.4 Å². The van der Waals surface area contributed by atoms with Crippen molar-refractivity contribution in [3.8, 4) is 0 Å². The van der Waals surface area contributed by atoms with Crippen LogP contribution in [0.3, 0.4) is 0 Å². The van der Waals surface area contributed by atoms with Crippen LogP contribution in [0.4, 0.5) is 11.4 Å². The van der Waals surface area contributed by atoms with Crippen molar-refractivity contribution in [3.05, 3.63) is 57.5 Å². The zero-order valence-electron chi connectivity index (χ0n) is 9.78. The first kappa shape index (κ1) is 13.9. The Hall–Kier alpha value is -1.56. The molecule has 0 aromatic heterocycles. The molecule has 19 heavy (non-hydrogen) atoms. The van der Waals surface area contributed by atoms with Gasteiger partial charge in [0.2, 0.25) is 0 Å². The predicted molar refractivity (Wildman–Crippen MR) is 81.4 cm³/mol. The smallest absolute Gasteiger partial charge is 0.255 e. The van der Waals surface area contributed by atoms with Gasteiger partial charge in [-0.2, -0.15) is 0 Å². The minimum absolute atomic E-state index is 0.229. The SMILES string of the molecule is NNc1ccc(C(=O)Nc2ccc(Br)cc2Cl)cc1. The van der Waals surface area contributed by atoms with Gasteiger partial charge in [-0.15, -0.1) is 0 Å². The van der Waals surface area contributed by atoms with Crippen LogP contribution in [0.15, 0.2) is 46.9 Å². The summed E-state index contributed by atoms with van der Waals surface area (Å²) in [7, 11) is 0. The van der Waals surface area contributed by atoms with Gasteiger partial charge in [0.1, 0.15) is 0 Å². The summed E-state index contributed by atoms with van der Waals surface area (Å²) in [6, 6.07) is 12.1. The molecule has 0 atom stereocenters. The van der Waals surface area contributed by atoms with Gasteiger partial charge in [-0.25, -0.2) is 0 Å². The average molecular weight is 341 g/mol. The van der Waals surface area contributed by atoms with E-state index in [-0.39, 0.29) is 5.91 Å². The first-order chi connectivity index (χ1) is 9.10. The van der Waals surface area contributed by atoms with Crippen LogP contribution in [0.5, 0.6) is 0 Å². The molecular weight excluding hydrogens is 330 g/mol. The first-order valence-electron chi connectivity index (χ1n) is 5.43. The van der Waals surface area contributed by atoms with E-state index in [2.05, 4.69) is 26.7 Å². The minimum atomic E-state index is -0.229. The van der Waals surface area contributed by atoms with E-state index >= 15 is 0 Å². The molecule has 6 heteroatoms. The van der Waals surface area contributed by atoms with Crippen LogP contribution in [-0.4, -0.2) is 5.91 Å². The molecule has 0 fully saturated rings. The fraction of sp³-hybridized carbons (Fsp3) is 0. The molecule has 0 saturated heterocycles. The molecule has 2 aromatic carbocycles. The number of nitrogen functional groups attached to an aromatic ring is 1. The van der Waals surface area contributed by atoms with E-state index in [4.69, 9.17) is 17.4 Å². The minimum Gasteiger partial charge on any atom is -0.324 e. The normalized spacial score (nSPS) is 10.1. The molecule has 0 bridgehead atoms. The Morgan fingerprint density at radius 3 is 2.42 bits per heavy atom. The lowest BCUT2D eigenvalue weighted by Gasteiger charge is -2.08. The van der Waals surface area contributed by atoms with Crippen LogP contribution in [0, 0.1) is 0 Å². The van der Waals surface area contributed by atoms with Gasteiger partial charge in [-0.1, -0.05) is 27.5 Å². The van der Waals surface area contributed by atoms with Crippen molar-refractivity contribution in [2.24, 2.45) is 5.84 Å². The topological polar surface area (TPSA) is 67.1 Å². The second-order valence-corrected chi connectivity index (χ2v) is 5.12. The number of amides is 1. The molecule has 2 rings (SSSR count). The summed E-state index contributed by atoms with van der Waals surface area (Å²) in [5.74, 6) is 5.03. The summed E-state index contributed by atoms with van der Waals surface area (Å²) in [4.78, 5) is 12.0. The Balaban J connectivity index is 2.15. The molecule has 2 aromatic rings. The number of anilines is 2. The van der Waals surface area contributed by atoms with Gasteiger partial charge >= 0.3 is 0 Å². The van der Waals surface area contributed by atoms with Gasteiger partial charge in [0.25, 0.3) is 5.91 Å². The maximum atomic E-state index is 12.0. The maximum absolute atomic E-state index is 12.0. The Morgan fingerprint density at radius 1 is 1.16 bits per heavy atom. The summed E-state index contributed by atoms with van der Waals surface area (Å²) < 4.78 is 0.855. The van der Waals surface area contributed by atoms with Gasteiger partial charge < -0.3 is 10.7 Å². The lowest BCUT2D eigenvalue weighted by molar-refractivity contribution is 0.102. The molecule has 4 N–H and O–H groups in total. The third kappa shape index (κ3) is 3.47. The number of benzene rings is 2. The summed E-state index contributed by atoms with van der Waals surface area (Å²) in [6.45, 7) is 0. The molecule has 4 nitrogen and oxygen atoms in total. The van der Waals surface area contributed by atoms with E-state index in [1.165, 1.54) is 0 Å². The van der Waals surface area contributed by atoms with Gasteiger partial charge in [-0.05, 0) is 42.5 Å². The molecule has 0 spiro atoms. The van der Waals surface area contributed by atoms with Crippen molar-refractivity contribution in [2.75, 3.05) is 10.7 Å². The lowest BCUT2D eigenvalue weighted by Crippen LogP contribution is -2.12. The summed E-state index contributed by atoms with van der Waals surface area (Å²) in [5, 5.41) is 3.22. The van der Waals surface area contributed by atoms with Crippen molar-refractivity contribution in [3.63, 3.8) is 0 Å². The molecule has 0 aliphatic carbocycles. The maximum Gasteiger partial charge on any atom is 0.255 e. The highest BCUT2D eigenvalue weighted by Gasteiger charge is 2.08. The fourth-order valence-corrected chi connectivity index (χ4v) is 2.22. The van der Waals surface area contributed by atoms with E-state index in [0.29, 0.717) is 16.3 Å². The van der Waals surface area contributed by atoms with Crippen LogP contribution >= 0.6 is 27.5 Å². The van der Waals surface area contributed by atoms with E-state index in [1.807, 2.05) is 6.07 Å². The van der Waals surface area contributed by atoms with E-state index in [9.17, 15) is 4.79 Å². The van der Waals surface area contributed by atoms with Crippen molar-refractivity contribution in [1.29, 1.82) is 0 Å². The number of hydrazine groups is 1. The molecular formula is C13H11BrClN3O. The van der Waals surface area contributed by atoms with E-state index < -0.39 is 0 Å². The number of carbonyl (C=O) groups is 1. The van der Waals surface area contributed by atoms with Crippen molar-refractivity contribution >= 4 is 44.8 Å². The van der Waals surface area contributed by atoms with Crippen molar-refractivity contribution < 1.29 is 4.79 Å². The van der Waals surface area contributed by atoms with E-state index in [1.54, 1.807) is 36.4 Å².